The normalized spacial score (nSPS) is 12.3. The second kappa shape index (κ2) is 6.05. The van der Waals surface area contributed by atoms with Crippen molar-refractivity contribution in [2.45, 2.75) is 19.9 Å². The second-order valence-corrected chi connectivity index (χ2v) is 5.68. The molecule has 3 rings (SSSR count). The third kappa shape index (κ3) is 2.86. The third-order valence-corrected chi connectivity index (χ3v) is 3.78. The molecule has 23 heavy (non-hydrogen) atoms. The van der Waals surface area contributed by atoms with Gasteiger partial charge in [0.05, 0.1) is 17.0 Å². The maximum Gasteiger partial charge on any atom is 0.142 e. The molecule has 0 saturated carbocycles. The topological polar surface area (TPSA) is 77.4 Å². The summed E-state index contributed by atoms with van der Waals surface area (Å²) in [5, 5.41) is 13.3. The summed E-state index contributed by atoms with van der Waals surface area (Å²) in [7, 11) is 0. The Morgan fingerprint density at radius 3 is 2.83 bits per heavy atom. The summed E-state index contributed by atoms with van der Waals surface area (Å²) in [5.41, 5.74) is 1.64. The molecule has 0 saturated heterocycles. The second-order valence-electron chi connectivity index (χ2n) is 5.68. The van der Waals surface area contributed by atoms with Gasteiger partial charge >= 0.3 is 0 Å². The van der Waals surface area contributed by atoms with E-state index in [9.17, 15) is 4.39 Å². The highest BCUT2D eigenvalue weighted by molar-refractivity contribution is 5.86. The fourth-order valence-electron chi connectivity index (χ4n) is 2.59. The SMILES string of the molecule is CC(C)[C@@H](Nc1ncnc2[nH]ccc12)c1ccc(F)c(C#N)c1. The number of hydrogen-bond donors (Lipinski definition) is 2. The van der Waals surface area contributed by atoms with E-state index in [1.54, 1.807) is 18.3 Å². The quantitative estimate of drug-likeness (QED) is 0.769. The lowest BCUT2D eigenvalue weighted by Gasteiger charge is -2.24. The first-order valence-electron chi connectivity index (χ1n) is 7.34. The Bertz CT molecular complexity index is 878. The van der Waals surface area contributed by atoms with Crippen LogP contribution in [0.25, 0.3) is 11.0 Å². The van der Waals surface area contributed by atoms with E-state index in [0.717, 1.165) is 16.6 Å². The Hall–Kier alpha value is -2.94. The number of halogens is 1. The molecule has 0 spiro atoms. The molecular weight excluding hydrogens is 293 g/mol. The number of aromatic amines is 1. The number of nitrogens with one attached hydrogen (secondary N) is 2. The van der Waals surface area contributed by atoms with Crippen LogP contribution in [0.4, 0.5) is 10.2 Å². The van der Waals surface area contributed by atoms with E-state index in [-0.39, 0.29) is 17.5 Å². The Morgan fingerprint density at radius 1 is 1.26 bits per heavy atom. The molecule has 0 aliphatic heterocycles. The molecule has 0 amide bonds. The first-order valence-corrected chi connectivity index (χ1v) is 7.34. The standard InChI is InChI=1S/C17H16FN5/c1-10(2)15(11-3-4-14(18)12(7-11)8-19)23-17-13-5-6-20-16(13)21-9-22-17/h3-7,9-10,15H,1-2H3,(H2,20,21,22,23)/t15-/m1/s1. The number of rotatable bonds is 4. The van der Waals surface area contributed by atoms with Gasteiger partial charge in [0.2, 0.25) is 0 Å². The van der Waals surface area contributed by atoms with E-state index in [2.05, 4.69) is 34.1 Å². The lowest BCUT2D eigenvalue weighted by Crippen LogP contribution is -2.18. The van der Waals surface area contributed by atoms with Gasteiger partial charge in [0.1, 0.15) is 29.7 Å². The Morgan fingerprint density at radius 2 is 2.09 bits per heavy atom. The number of nitriles is 1. The molecule has 0 unspecified atom stereocenters. The van der Waals surface area contributed by atoms with E-state index < -0.39 is 5.82 Å². The molecule has 3 aromatic rings. The van der Waals surface area contributed by atoms with Gasteiger partial charge in [0, 0.05) is 6.20 Å². The van der Waals surface area contributed by atoms with Crippen molar-refractivity contribution < 1.29 is 4.39 Å². The predicted molar refractivity (Wildman–Crippen MR) is 86.2 cm³/mol. The van der Waals surface area contributed by atoms with E-state index in [1.807, 2.05) is 12.1 Å². The van der Waals surface area contributed by atoms with Gasteiger partial charge in [-0.1, -0.05) is 19.9 Å². The maximum atomic E-state index is 13.6. The van der Waals surface area contributed by atoms with Gasteiger partial charge in [0.25, 0.3) is 0 Å². The first kappa shape index (κ1) is 15.0. The van der Waals surface area contributed by atoms with Crippen molar-refractivity contribution in [3.63, 3.8) is 0 Å². The molecule has 6 heteroatoms. The highest BCUT2D eigenvalue weighted by atomic mass is 19.1. The van der Waals surface area contributed by atoms with E-state index in [1.165, 1.54) is 12.4 Å². The molecule has 5 nitrogen and oxygen atoms in total. The molecule has 0 radical (unpaired) electrons. The zero-order valence-electron chi connectivity index (χ0n) is 12.8. The van der Waals surface area contributed by atoms with Crippen LogP contribution in [-0.2, 0) is 0 Å². The lowest BCUT2D eigenvalue weighted by atomic mass is 9.94. The van der Waals surface area contributed by atoms with E-state index in [0.29, 0.717) is 5.82 Å². The maximum absolute atomic E-state index is 13.6. The largest absolute Gasteiger partial charge is 0.362 e. The molecule has 116 valence electrons. The summed E-state index contributed by atoms with van der Waals surface area (Å²) in [4.78, 5) is 11.5. The monoisotopic (exact) mass is 309 g/mol. The number of benzene rings is 1. The van der Waals surface area contributed by atoms with Crippen LogP contribution in [-0.4, -0.2) is 15.0 Å². The fourth-order valence-corrected chi connectivity index (χ4v) is 2.59. The van der Waals surface area contributed by atoms with Crippen molar-refractivity contribution in [1.82, 2.24) is 15.0 Å². The van der Waals surface area contributed by atoms with Gasteiger partial charge < -0.3 is 10.3 Å². The smallest absolute Gasteiger partial charge is 0.142 e. The molecular formula is C17H16FN5. The summed E-state index contributed by atoms with van der Waals surface area (Å²) in [5.74, 6) is 0.419. The molecule has 0 aliphatic carbocycles. The van der Waals surface area contributed by atoms with Crippen LogP contribution in [0.2, 0.25) is 0 Å². The van der Waals surface area contributed by atoms with Crippen molar-refractivity contribution >= 4 is 16.9 Å². The lowest BCUT2D eigenvalue weighted by molar-refractivity contribution is 0.543. The molecule has 0 bridgehead atoms. The zero-order valence-corrected chi connectivity index (χ0v) is 12.8. The van der Waals surface area contributed by atoms with Crippen LogP contribution < -0.4 is 5.32 Å². The van der Waals surface area contributed by atoms with Crippen LogP contribution >= 0.6 is 0 Å². The minimum atomic E-state index is -0.506. The van der Waals surface area contributed by atoms with Gasteiger partial charge in [-0.2, -0.15) is 5.26 Å². The molecule has 0 aliphatic rings. The molecule has 0 fully saturated rings. The highest BCUT2D eigenvalue weighted by Crippen LogP contribution is 2.29. The number of fused-ring (bicyclic) bond motifs is 1. The van der Waals surface area contributed by atoms with Crippen molar-refractivity contribution in [3.8, 4) is 6.07 Å². The first-order chi connectivity index (χ1) is 11.1. The van der Waals surface area contributed by atoms with Crippen molar-refractivity contribution in [1.29, 1.82) is 5.26 Å². The summed E-state index contributed by atoms with van der Waals surface area (Å²) < 4.78 is 13.6. The van der Waals surface area contributed by atoms with Crippen LogP contribution in [0.15, 0.2) is 36.8 Å². The van der Waals surface area contributed by atoms with Crippen molar-refractivity contribution in [2.24, 2.45) is 5.92 Å². The third-order valence-electron chi connectivity index (χ3n) is 3.78. The van der Waals surface area contributed by atoms with Gasteiger partial charge in [-0.25, -0.2) is 14.4 Å². The van der Waals surface area contributed by atoms with Crippen molar-refractivity contribution in [3.05, 3.63) is 53.7 Å². The van der Waals surface area contributed by atoms with Crippen LogP contribution in [0.1, 0.15) is 31.0 Å². The predicted octanol–water partition coefficient (Wildman–Crippen LogP) is 3.78. The van der Waals surface area contributed by atoms with Crippen LogP contribution in [0, 0.1) is 23.1 Å². The summed E-state index contributed by atoms with van der Waals surface area (Å²) >= 11 is 0. The van der Waals surface area contributed by atoms with E-state index in [4.69, 9.17) is 5.26 Å². The average Bonchev–Trinajstić information content (AvgIpc) is 3.02. The minimum absolute atomic E-state index is 0.0458. The van der Waals surface area contributed by atoms with E-state index >= 15 is 0 Å². The summed E-state index contributed by atoms with van der Waals surface area (Å²) in [6, 6.07) is 8.30. The number of aromatic nitrogens is 3. The molecule has 2 N–H and O–H groups in total. The van der Waals surface area contributed by atoms with Crippen LogP contribution in [0.3, 0.4) is 0 Å². The number of nitrogens with zero attached hydrogens (tertiary/aromatic N) is 3. The Labute approximate surface area is 133 Å². The summed E-state index contributed by atoms with van der Waals surface area (Å²) in [6.45, 7) is 4.12. The Kier molecular flexibility index (Phi) is 3.94. The molecule has 2 heterocycles. The van der Waals surface area contributed by atoms with Crippen LogP contribution in [0.5, 0.6) is 0 Å². The van der Waals surface area contributed by atoms with Gasteiger partial charge in [0.15, 0.2) is 0 Å². The zero-order chi connectivity index (χ0) is 16.4. The molecule has 1 aromatic carbocycles. The minimum Gasteiger partial charge on any atom is -0.362 e. The Balaban J connectivity index is 2.00. The molecule has 2 aromatic heterocycles. The van der Waals surface area contributed by atoms with Gasteiger partial charge in [-0.05, 0) is 29.7 Å². The van der Waals surface area contributed by atoms with Gasteiger partial charge in [-0.3, -0.25) is 0 Å². The van der Waals surface area contributed by atoms with Crippen molar-refractivity contribution in [2.75, 3.05) is 5.32 Å². The average molecular weight is 309 g/mol. The fraction of sp³-hybridized carbons (Fsp3) is 0.235. The molecule has 1 atom stereocenters. The number of anilines is 1. The summed E-state index contributed by atoms with van der Waals surface area (Å²) in [6.07, 6.45) is 3.30. The highest BCUT2D eigenvalue weighted by Gasteiger charge is 2.19. The van der Waals surface area contributed by atoms with Gasteiger partial charge in [-0.15, -0.1) is 0 Å². The number of H-pyrrole nitrogens is 1. The number of hydrogen-bond acceptors (Lipinski definition) is 4.